The van der Waals surface area contributed by atoms with Crippen molar-refractivity contribution in [3.8, 4) is 0 Å². The molecule has 0 aromatic carbocycles. The molecule has 1 rings (SSSR count). The van der Waals surface area contributed by atoms with Crippen molar-refractivity contribution < 1.29 is 19.0 Å². The van der Waals surface area contributed by atoms with Gasteiger partial charge in [-0.25, -0.2) is 0 Å². The van der Waals surface area contributed by atoms with Gasteiger partial charge in [0.1, 0.15) is 6.10 Å². The molecule has 0 amide bonds. The number of carbonyl (C=O) groups excluding carboxylic acids is 1. The third-order valence-corrected chi connectivity index (χ3v) is 3.75. The van der Waals surface area contributed by atoms with Gasteiger partial charge in [0.15, 0.2) is 6.29 Å². The minimum atomic E-state index is -0.251. The van der Waals surface area contributed by atoms with E-state index in [2.05, 4.69) is 13.8 Å². The number of rotatable bonds is 5. The fourth-order valence-electron chi connectivity index (χ4n) is 2.40. The van der Waals surface area contributed by atoms with Gasteiger partial charge >= 0.3 is 5.97 Å². The maximum absolute atomic E-state index is 11.2. The van der Waals surface area contributed by atoms with Crippen LogP contribution < -0.4 is 0 Å². The molecule has 0 bridgehead atoms. The SMILES string of the molecule is CC=CCOC1OC(CC)C(OC(C)=O)C(C)C1C. The summed E-state index contributed by atoms with van der Waals surface area (Å²) in [4.78, 5) is 11.2. The Labute approximate surface area is 116 Å². The molecule has 1 aliphatic heterocycles. The lowest BCUT2D eigenvalue weighted by Crippen LogP contribution is -2.51. The Bertz CT molecular complexity index is 311. The first kappa shape index (κ1) is 16.2. The largest absolute Gasteiger partial charge is 0.459 e. The third kappa shape index (κ3) is 4.32. The zero-order valence-corrected chi connectivity index (χ0v) is 12.6. The summed E-state index contributed by atoms with van der Waals surface area (Å²) in [6.07, 6.45) is 4.21. The second-order valence-corrected chi connectivity index (χ2v) is 5.15. The third-order valence-electron chi connectivity index (χ3n) is 3.75. The molecule has 0 N–H and O–H groups in total. The molecule has 1 aliphatic rings. The Morgan fingerprint density at radius 2 is 2.00 bits per heavy atom. The van der Waals surface area contributed by atoms with Crippen molar-refractivity contribution in [1.29, 1.82) is 0 Å². The highest BCUT2D eigenvalue weighted by Gasteiger charge is 2.42. The van der Waals surface area contributed by atoms with Crippen LogP contribution in [0.5, 0.6) is 0 Å². The normalized spacial score (nSPS) is 35.5. The second-order valence-electron chi connectivity index (χ2n) is 5.15. The van der Waals surface area contributed by atoms with Crippen LogP contribution in [-0.4, -0.2) is 31.1 Å². The highest BCUT2D eigenvalue weighted by Crippen LogP contribution is 2.34. The molecular weight excluding hydrogens is 244 g/mol. The van der Waals surface area contributed by atoms with Crippen LogP contribution in [0.25, 0.3) is 0 Å². The molecular formula is C15H26O4. The maximum Gasteiger partial charge on any atom is 0.303 e. The van der Waals surface area contributed by atoms with Crippen LogP contribution >= 0.6 is 0 Å². The van der Waals surface area contributed by atoms with Crippen LogP contribution in [0.3, 0.4) is 0 Å². The standard InChI is InChI=1S/C15H26O4/c1-6-8-9-17-15-11(4)10(3)14(18-12(5)16)13(7-2)19-15/h6,8,10-11,13-15H,7,9H2,1-5H3. The molecule has 0 aromatic rings. The van der Waals surface area contributed by atoms with E-state index in [-0.39, 0.29) is 36.3 Å². The quantitative estimate of drug-likeness (QED) is 0.569. The monoisotopic (exact) mass is 270 g/mol. The average molecular weight is 270 g/mol. The first-order valence-corrected chi connectivity index (χ1v) is 7.06. The predicted molar refractivity (Wildman–Crippen MR) is 73.6 cm³/mol. The number of ether oxygens (including phenoxy) is 3. The van der Waals surface area contributed by atoms with Crippen LogP contribution in [0.15, 0.2) is 12.2 Å². The minimum absolute atomic E-state index is 0.0919. The van der Waals surface area contributed by atoms with E-state index in [0.717, 1.165) is 6.42 Å². The lowest BCUT2D eigenvalue weighted by molar-refractivity contribution is -0.263. The summed E-state index contributed by atoms with van der Waals surface area (Å²) in [5.74, 6) is 0.162. The lowest BCUT2D eigenvalue weighted by Gasteiger charge is -2.43. The lowest BCUT2D eigenvalue weighted by atomic mass is 9.84. The molecule has 4 nitrogen and oxygen atoms in total. The molecule has 0 aromatic heterocycles. The number of esters is 1. The van der Waals surface area contributed by atoms with Gasteiger partial charge in [-0.15, -0.1) is 0 Å². The average Bonchev–Trinajstić information content (AvgIpc) is 2.37. The van der Waals surface area contributed by atoms with E-state index in [1.54, 1.807) is 0 Å². The van der Waals surface area contributed by atoms with Gasteiger partial charge in [-0.1, -0.05) is 32.9 Å². The van der Waals surface area contributed by atoms with Crippen molar-refractivity contribution in [2.75, 3.05) is 6.61 Å². The number of allylic oxidation sites excluding steroid dienone is 1. The smallest absolute Gasteiger partial charge is 0.303 e. The molecule has 110 valence electrons. The summed E-state index contributed by atoms with van der Waals surface area (Å²) < 4.78 is 17.1. The van der Waals surface area contributed by atoms with Crippen molar-refractivity contribution in [3.05, 3.63) is 12.2 Å². The fraction of sp³-hybridized carbons (Fsp3) is 0.800. The van der Waals surface area contributed by atoms with Crippen LogP contribution in [-0.2, 0) is 19.0 Å². The molecule has 0 saturated carbocycles. The molecule has 4 heteroatoms. The van der Waals surface area contributed by atoms with Crippen LogP contribution in [0.1, 0.15) is 41.0 Å². The van der Waals surface area contributed by atoms with Crippen LogP contribution in [0.2, 0.25) is 0 Å². The predicted octanol–water partition coefficient (Wildman–Crippen LogP) is 2.92. The van der Waals surface area contributed by atoms with Gasteiger partial charge in [0.25, 0.3) is 0 Å². The first-order chi connectivity index (χ1) is 9.01. The fourth-order valence-corrected chi connectivity index (χ4v) is 2.40. The highest BCUT2D eigenvalue weighted by molar-refractivity contribution is 5.66. The number of carbonyl (C=O) groups is 1. The van der Waals surface area contributed by atoms with Crippen molar-refractivity contribution in [3.63, 3.8) is 0 Å². The summed E-state index contributed by atoms with van der Waals surface area (Å²) in [6.45, 7) is 10.2. The Hall–Kier alpha value is -0.870. The summed E-state index contributed by atoms with van der Waals surface area (Å²) in [7, 11) is 0. The molecule has 0 aliphatic carbocycles. The Kier molecular flexibility index (Phi) is 6.52. The van der Waals surface area contributed by atoms with Gasteiger partial charge < -0.3 is 14.2 Å². The molecule has 1 saturated heterocycles. The number of hydrogen-bond acceptors (Lipinski definition) is 4. The summed E-state index contributed by atoms with van der Waals surface area (Å²) in [5.41, 5.74) is 0. The molecule has 0 radical (unpaired) electrons. The van der Waals surface area contributed by atoms with Crippen LogP contribution in [0, 0.1) is 11.8 Å². The van der Waals surface area contributed by atoms with Crippen molar-refractivity contribution >= 4 is 5.97 Å². The van der Waals surface area contributed by atoms with E-state index in [4.69, 9.17) is 14.2 Å². The van der Waals surface area contributed by atoms with Gasteiger partial charge in [-0.2, -0.15) is 0 Å². The maximum atomic E-state index is 11.2. The highest BCUT2D eigenvalue weighted by atomic mass is 16.7. The minimum Gasteiger partial charge on any atom is -0.459 e. The Morgan fingerprint density at radius 3 is 2.53 bits per heavy atom. The van der Waals surface area contributed by atoms with E-state index in [0.29, 0.717) is 6.61 Å². The van der Waals surface area contributed by atoms with E-state index >= 15 is 0 Å². The van der Waals surface area contributed by atoms with Gasteiger partial charge in [0.2, 0.25) is 0 Å². The summed E-state index contributed by atoms with van der Waals surface area (Å²) in [6, 6.07) is 0. The zero-order valence-electron chi connectivity index (χ0n) is 12.6. The van der Waals surface area contributed by atoms with E-state index in [9.17, 15) is 4.79 Å². The molecule has 1 fully saturated rings. The zero-order chi connectivity index (χ0) is 14.4. The van der Waals surface area contributed by atoms with Crippen molar-refractivity contribution in [1.82, 2.24) is 0 Å². The van der Waals surface area contributed by atoms with Crippen molar-refractivity contribution in [2.45, 2.75) is 59.5 Å². The molecule has 19 heavy (non-hydrogen) atoms. The Morgan fingerprint density at radius 1 is 1.32 bits per heavy atom. The van der Waals surface area contributed by atoms with Crippen LogP contribution in [0.4, 0.5) is 0 Å². The van der Waals surface area contributed by atoms with Gasteiger partial charge in [0, 0.05) is 18.8 Å². The molecule has 1 heterocycles. The second kappa shape index (κ2) is 7.65. The number of hydrogen-bond donors (Lipinski definition) is 0. The van der Waals surface area contributed by atoms with E-state index in [1.807, 2.05) is 26.0 Å². The topological polar surface area (TPSA) is 44.8 Å². The van der Waals surface area contributed by atoms with E-state index < -0.39 is 0 Å². The summed E-state index contributed by atoms with van der Waals surface area (Å²) >= 11 is 0. The van der Waals surface area contributed by atoms with Crippen molar-refractivity contribution in [2.24, 2.45) is 11.8 Å². The Balaban J connectivity index is 2.70. The molecule has 5 unspecified atom stereocenters. The molecule has 5 atom stereocenters. The summed E-state index contributed by atoms with van der Waals surface area (Å²) in [5, 5.41) is 0. The first-order valence-electron chi connectivity index (χ1n) is 7.06. The van der Waals surface area contributed by atoms with Gasteiger partial charge in [-0.3, -0.25) is 4.79 Å². The van der Waals surface area contributed by atoms with E-state index in [1.165, 1.54) is 6.92 Å². The molecule has 0 spiro atoms. The van der Waals surface area contributed by atoms with Gasteiger partial charge in [0.05, 0.1) is 12.7 Å². The van der Waals surface area contributed by atoms with Gasteiger partial charge in [-0.05, 0) is 13.3 Å².